The Labute approximate surface area is 134 Å². The number of rotatable bonds is 4. The normalized spacial score (nSPS) is 11.3. The predicted octanol–water partition coefficient (Wildman–Crippen LogP) is 5.25. The van der Waals surface area contributed by atoms with Crippen molar-refractivity contribution in [1.29, 1.82) is 0 Å². The van der Waals surface area contributed by atoms with Gasteiger partial charge in [0.2, 0.25) is 0 Å². The molecule has 3 nitrogen and oxygen atoms in total. The highest BCUT2D eigenvalue weighted by Gasteiger charge is 2.22. The van der Waals surface area contributed by atoms with Gasteiger partial charge in [-0.05, 0) is 54.8 Å². The Kier molecular flexibility index (Phi) is 6.34. The van der Waals surface area contributed by atoms with Crippen molar-refractivity contribution in [2.24, 2.45) is 0 Å². The van der Waals surface area contributed by atoms with Gasteiger partial charge in [0.1, 0.15) is 5.60 Å². The SMILES string of the molecule is CCCN(Cc1cccc(Cl)c1Br)C(=O)OC(C)(C)C. The van der Waals surface area contributed by atoms with Gasteiger partial charge in [0.05, 0.1) is 11.6 Å². The van der Waals surface area contributed by atoms with Crippen LogP contribution in [0.1, 0.15) is 39.7 Å². The fourth-order valence-electron chi connectivity index (χ4n) is 1.71. The first-order chi connectivity index (χ1) is 9.24. The van der Waals surface area contributed by atoms with E-state index >= 15 is 0 Å². The van der Waals surface area contributed by atoms with Crippen molar-refractivity contribution in [3.05, 3.63) is 33.3 Å². The van der Waals surface area contributed by atoms with Crippen LogP contribution < -0.4 is 0 Å². The standard InChI is InChI=1S/C15H21BrClNO2/c1-5-9-18(14(19)20-15(2,3)4)10-11-7-6-8-12(17)13(11)16/h6-8H,5,9-10H2,1-4H3. The third-order valence-corrected chi connectivity index (χ3v) is 4.02. The Morgan fingerprint density at radius 3 is 2.60 bits per heavy atom. The van der Waals surface area contributed by atoms with Gasteiger partial charge in [0.25, 0.3) is 0 Å². The fraction of sp³-hybridized carbons (Fsp3) is 0.533. The molecule has 0 bridgehead atoms. The van der Waals surface area contributed by atoms with E-state index in [1.807, 2.05) is 45.9 Å². The van der Waals surface area contributed by atoms with E-state index in [4.69, 9.17) is 16.3 Å². The van der Waals surface area contributed by atoms with E-state index in [2.05, 4.69) is 15.9 Å². The van der Waals surface area contributed by atoms with Crippen molar-refractivity contribution in [1.82, 2.24) is 4.90 Å². The molecular weight excluding hydrogens is 342 g/mol. The molecule has 0 aliphatic carbocycles. The van der Waals surface area contributed by atoms with Crippen LogP contribution in [0.5, 0.6) is 0 Å². The van der Waals surface area contributed by atoms with Crippen LogP contribution in [0.4, 0.5) is 4.79 Å². The molecule has 0 aliphatic heterocycles. The van der Waals surface area contributed by atoms with Crippen molar-refractivity contribution in [2.75, 3.05) is 6.54 Å². The third-order valence-electron chi connectivity index (χ3n) is 2.54. The van der Waals surface area contributed by atoms with Gasteiger partial charge in [-0.1, -0.05) is 30.7 Å². The number of benzene rings is 1. The molecule has 0 saturated heterocycles. The highest BCUT2D eigenvalue weighted by atomic mass is 79.9. The van der Waals surface area contributed by atoms with E-state index < -0.39 is 5.60 Å². The first-order valence-electron chi connectivity index (χ1n) is 6.65. The zero-order valence-corrected chi connectivity index (χ0v) is 14.7. The Balaban J connectivity index is 2.87. The van der Waals surface area contributed by atoms with Crippen LogP contribution >= 0.6 is 27.5 Å². The van der Waals surface area contributed by atoms with Gasteiger partial charge >= 0.3 is 6.09 Å². The third kappa shape index (κ3) is 5.33. The van der Waals surface area contributed by atoms with Gasteiger partial charge in [0.15, 0.2) is 0 Å². The van der Waals surface area contributed by atoms with Crippen molar-refractivity contribution >= 4 is 33.6 Å². The lowest BCUT2D eigenvalue weighted by Gasteiger charge is -2.27. The number of carbonyl (C=O) groups excluding carboxylic acids is 1. The lowest BCUT2D eigenvalue weighted by atomic mass is 10.2. The number of hydrogen-bond acceptors (Lipinski definition) is 2. The topological polar surface area (TPSA) is 29.5 Å². The highest BCUT2D eigenvalue weighted by molar-refractivity contribution is 9.10. The quantitative estimate of drug-likeness (QED) is 0.732. The van der Waals surface area contributed by atoms with Crippen LogP contribution in [0, 0.1) is 0 Å². The minimum Gasteiger partial charge on any atom is -0.444 e. The number of amides is 1. The Morgan fingerprint density at radius 1 is 1.40 bits per heavy atom. The van der Waals surface area contributed by atoms with Gasteiger partial charge in [-0.25, -0.2) is 4.79 Å². The molecule has 1 rings (SSSR count). The average molecular weight is 363 g/mol. The Hall–Kier alpha value is -0.740. The molecule has 0 saturated carbocycles. The summed E-state index contributed by atoms with van der Waals surface area (Å²) in [4.78, 5) is 13.9. The smallest absolute Gasteiger partial charge is 0.410 e. The van der Waals surface area contributed by atoms with E-state index in [-0.39, 0.29) is 6.09 Å². The number of ether oxygens (including phenoxy) is 1. The van der Waals surface area contributed by atoms with Crippen LogP contribution in [-0.4, -0.2) is 23.1 Å². The minimum absolute atomic E-state index is 0.300. The van der Waals surface area contributed by atoms with Crippen LogP contribution in [-0.2, 0) is 11.3 Å². The summed E-state index contributed by atoms with van der Waals surface area (Å²) in [6.45, 7) is 8.75. The van der Waals surface area contributed by atoms with E-state index in [0.29, 0.717) is 18.1 Å². The lowest BCUT2D eigenvalue weighted by Crippen LogP contribution is -2.37. The molecule has 5 heteroatoms. The van der Waals surface area contributed by atoms with Gasteiger partial charge < -0.3 is 9.64 Å². The van der Waals surface area contributed by atoms with Crippen molar-refractivity contribution in [3.8, 4) is 0 Å². The maximum absolute atomic E-state index is 12.2. The van der Waals surface area contributed by atoms with Gasteiger partial charge in [0, 0.05) is 11.0 Å². The molecule has 0 aromatic heterocycles. The Bertz CT molecular complexity index is 471. The number of halogens is 2. The van der Waals surface area contributed by atoms with Gasteiger partial charge in [-0.2, -0.15) is 0 Å². The molecule has 1 amide bonds. The van der Waals surface area contributed by atoms with Gasteiger partial charge in [-0.15, -0.1) is 0 Å². The maximum Gasteiger partial charge on any atom is 0.410 e. The summed E-state index contributed by atoms with van der Waals surface area (Å²) in [5.74, 6) is 0. The summed E-state index contributed by atoms with van der Waals surface area (Å²) in [6.07, 6.45) is 0.573. The van der Waals surface area contributed by atoms with E-state index in [1.165, 1.54) is 0 Å². The van der Waals surface area contributed by atoms with Crippen LogP contribution in [0.2, 0.25) is 5.02 Å². The molecule has 0 atom stereocenters. The second-order valence-electron chi connectivity index (χ2n) is 5.61. The molecule has 112 valence electrons. The summed E-state index contributed by atoms with van der Waals surface area (Å²) in [7, 11) is 0. The second kappa shape index (κ2) is 7.32. The fourth-order valence-corrected chi connectivity index (χ4v) is 2.29. The summed E-state index contributed by atoms with van der Waals surface area (Å²) in [5, 5.41) is 0.642. The zero-order valence-electron chi connectivity index (χ0n) is 12.4. The Morgan fingerprint density at radius 2 is 2.05 bits per heavy atom. The van der Waals surface area contributed by atoms with Crippen molar-refractivity contribution in [3.63, 3.8) is 0 Å². The molecule has 0 N–H and O–H groups in total. The molecule has 0 unspecified atom stereocenters. The molecule has 0 aliphatic rings. The molecule has 0 radical (unpaired) electrons. The molecule has 0 spiro atoms. The summed E-state index contributed by atoms with van der Waals surface area (Å²) >= 11 is 9.54. The minimum atomic E-state index is -0.491. The summed E-state index contributed by atoms with van der Waals surface area (Å²) in [5.41, 5.74) is 0.478. The van der Waals surface area contributed by atoms with Crippen LogP contribution in [0.25, 0.3) is 0 Å². The van der Waals surface area contributed by atoms with Crippen molar-refractivity contribution < 1.29 is 9.53 Å². The lowest BCUT2D eigenvalue weighted by molar-refractivity contribution is 0.0233. The summed E-state index contributed by atoms with van der Waals surface area (Å²) < 4.78 is 6.26. The maximum atomic E-state index is 12.2. The first-order valence-corrected chi connectivity index (χ1v) is 7.82. The molecule has 0 heterocycles. The van der Waals surface area contributed by atoms with Crippen LogP contribution in [0.3, 0.4) is 0 Å². The monoisotopic (exact) mass is 361 g/mol. The largest absolute Gasteiger partial charge is 0.444 e. The number of nitrogens with zero attached hydrogens (tertiary/aromatic N) is 1. The molecular formula is C15H21BrClNO2. The molecule has 1 aromatic rings. The molecule has 0 fully saturated rings. The first kappa shape index (κ1) is 17.3. The predicted molar refractivity (Wildman–Crippen MR) is 86.1 cm³/mol. The van der Waals surface area contributed by atoms with Gasteiger partial charge in [-0.3, -0.25) is 0 Å². The molecule has 20 heavy (non-hydrogen) atoms. The molecule has 1 aromatic carbocycles. The van der Waals surface area contributed by atoms with E-state index in [1.54, 1.807) is 4.90 Å². The highest BCUT2D eigenvalue weighted by Crippen LogP contribution is 2.27. The van der Waals surface area contributed by atoms with E-state index in [0.717, 1.165) is 16.5 Å². The second-order valence-corrected chi connectivity index (χ2v) is 6.82. The average Bonchev–Trinajstić information content (AvgIpc) is 2.32. The zero-order chi connectivity index (χ0) is 15.3. The number of carbonyl (C=O) groups is 1. The van der Waals surface area contributed by atoms with Crippen LogP contribution in [0.15, 0.2) is 22.7 Å². The summed E-state index contributed by atoms with van der Waals surface area (Å²) in [6, 6.07) is 5.64. The van der Waals surface area contributed by atoms with Crippen molar-refractivity contribution in [2.45, 2.75) is 46.3 Å². The number of hydrogen-bond donors (Lipinski definition) is 0. The van der Waals surface area contributed by atoms with E-state index in [9.17, 15) is 4.79 Å².